The molecule has 0 bridgehead atoms. The molecule has 1 heterocycles. The van der Waals surface area contributed by atoms with E-state index >= 15 is 0 Å². The Kier molecular flexibility index (Phi) is 4.26. The predicted molar refractivity (Wildman–Crippen MR) is 79.2 cm³/mol. The standard InChI is InChI=1S/C16H18O2Si/c1-19(2,3)18-16(15-10-7-13-17-15)12-11-14-8-5-4-6-9-14/h4-10,13,16H,1-3H3. The van der Waals surface area contributed by atoms with Crippen molar-refractivity contribution in [2.24, 2.45) is 0 Å². The quantitative estimate of drug-likeness (QED) is 0.615. The Morgan fingerprint density at radius 3 is 2.37 bits per heavy atom. The van der Waals surface area contributed by atoms with Crippen molar-refractivity contribution in [3.63, 3.8) is 0 Å². The van der Waals surface area contributed by atoms with Crippen molar-refractivity contribution in [3.05, 3.63) is 60.1 Å². The van der Waals surface area contributed by atoms with E-state index in [4.69, 9.17) is 8.84 Å². The predicted octanol–water partition coefficient (Wildman–Crippen LogP) is 4.22. The van der Waals surface area contributed by atoms with E-state index in [1.54, 1.807) is 6.26 Å². The van der Waals surface area contributed by atoms with Gasteiger partial charge in [0.25, 0.3) is 0 Å². The van der Waals surface area contributed by atoms with Crippen LogP contribution in [-0.4, -0.2) is 8.32 Å². The van der Waals surface area contributed by atoms with Crippen LogP contribution in [0.25, 0.3) is 0 Å². The Morgan fingerprint density at radius 2 is 1.79 bits per heavy atom. The molecule has 2 rings (SSSR count). The van der Waals surface area contributed by atoms with Crippen LogP contribution >= 0.6 is 0 Å². The fourth-order valence-electron chi connectivity index (χ4n) is 1.62. The first-order chi connectivity index (χ1) is 9.04. The summed E-state index contributed by atoms with van der Waals surface area (Å²) in [6, 6.07) is 13.7. The van der Waals surface area contributed by atoms with Gasteiger partial charge in [-0.2, -0.15) is 0 Å². The summed E-state index contributed by atoms with van der Waals surface area (Å²) in [5, 5.41) is 0. The van der Waals surface area contributed by atoms with Gasteiger partial charge in [0.1, 0.15) is 5.76 Å². The first kappa shape index (κ1) is 13.7. The molecule has 2 nitrogen and oxygen atoms in total. The highest BCUT2D eigenvalue weighted by atomic mass is 28.4. The van der Waals surface area contributed by atoms with E-state index in [9.17, 15) is 0 Å². The van der Waals surface area contributed by atoms with Gasteiger partial charge in [0.15, 0.2) is 14.4 Å². The number of hydrogen-bond acceptors (Lipinski definition) is 2. The molecule has 0 amide bonds. The second kappa shape index (κ2) is 5.92. The summed E-state index contributed by atoms with van der Waals surface area (Å²) in [5.41, 5.74) is 0.984. The minimum absolute atomic E-state index is 0.290. The van der Waals surface area contributed by atoms with Gasteiger partial charge in [-0.15, -0.1) is 0 Å². The highest BCUT2D eigenvalue weighted by Gasteiger charge is 2.22. The fourth-order valence-corrected chi connectivity index (χ4v) is 2.51. The number of rotatable bonds is 3. The first-order valence-corrected chi connectivity index (χ1v) is 9.73. The van der Waals surface area contributed by atoms with Crippen LogP contribution in [0, 0.1) is 11.8 Å². The minimum Gasteiger partial charge on any atom is -0.466 e. The third-order valence-electron chi connectivity index (χ3n) is 2.39. The summed E-state index contributed by atoms with van der Waals surface area (Å²) in [6.07, 6.45) is 1.36. The van der Waals surface area contributed by atoms with Crippen molar-refractivity contribution >= 4 is 8.32 Å². The molecule has 0 aliphatic rings. The Bertz CT molecular complexity index is 556. The molecule has 0 N–H and O–H groups in total. The lowest BCUT2D eigenvalue weighted by Crippen LogP contribution is -2.27. The molecule has 0 aliphatic heterocycles. The van der Waals surface area contributed by atoms with Gasteiger partial charge in [0, 0.05) is 5.56 Å². The Morgan fingerprint density at radius 1 is 1.05 bits per heavy atom. The summed E-state index contributed by atoms with van der Waals surface area (Å²) in [7, 11) is -1.68. The van der Waals surface area contributed by atoms with Gasteiger partial charge in [-0.25, -0.2) is 0 Å². The lowest BCUT2D eigenvalue weighted by Gasteiger charge is -2.21. The minimum atomic E-state index is -1.68. The Labute approximate surface area is 115 Å². The molecule has 98 valence electrons. The van der Waals surface area contributed by atoms with Crippen molar-refractivity contribution in [2.75, 3.05) is 0 Å². The summed E-state index contributed by atoms with van der Waals surface area (Å²) >= 11 is 0. The van der Waals surface area contributed by atoms with E-state index in [0.29, 0.717) is 0 Å². The maximum absolute atomic E-state index is 6.08. The topological polar surface area (TPSA) is 22.4 Å². The zero-order chi connectivity index (χ0) is 13.7. The van der Waals surface area contributed by atoms with Crippen LogP contribution in [0.3, 0.4) is 0 Å². The van der Waals surface area contributed by atoms with E-state index in [1.165, 1.54) is 0 Å². The zero-order valence-electron chi connectivity index (χ0n) is 11.5. The molecule has 1 unspecified atom stereocenters. The maximum Gasteiger partial charge on any atom is 0.186 e. The average Bonchev–Trinajstić information content (AvgIpc) is 2.88. The lowest BCUT2D eigenvalue weighted by molar-refractivity contribution is 0.224. The van der Waals surface area contributed by atoms with Gasteiger partial charge in [-0.1, -0.05) is 30.0 Å². The highest BCUT2D eigenvalue weighted by Crippen LogP contribution is 2.22. The first-order valence-electron chi connectivity index (χ1n) is 6.32. The van der Waals surface area contributed by atoms with Crippen LogP contribution in [0.4, 0.5) is 0 Å². The van der Waals surface area contributed by atoms with E-state index in [0.717, 1.165) is 11.3 Å². The Balaban J connectivity index is 2.22. The van der Waals surface area contributed by atoms with Crippen LogP contribution in [0.1, 0.15) is 17.4 Å². The number of furan rings is 1. The van der Waals surface area contributed by atoms with Gasteiger partial charge < -0.3 is 8.84 Å². The molecule has 0 radical (unpaired) electrons. The molecular formula is C16H18O2Si. The van der Waals surface area contributed by atoms with Gasteiger partial charge >= 0.3 is 0 Å². The molecule has 3 heteroatoms. The summed E-state index contributed by atoms with van der Waals surface area (Å²) in [5.74, 6) is 7.08. The molecule has 0 spiro atoms. The molecule has 1 aromatic carbocycles. The van der Waals surface area contributed by atoms with Crippen molar-refractivity contribution in [3.8, 4) is 11.8 Å². The third-order valence-corrected chi connectivity index (χ3v) is 3.34. The van der Waals surface area contributed by atoms with Crippen LogP contribution in [0.2, 0.25) is 19.6 Å². The molecule has 0 saturated carbocycles. The van der Waals surface area contributed by atoms with E-state index in [-0.39, 0.29) is 6.10 Å². The third kappa shape index (κ3) is 4.44. The van der Waals surface area contributed by atoms with Crippen LogP contribution in [0.15, 0.2) is 53.1 Å². The van der Waals surface area contributed by atoms with Crippen molar-refractivity contribution in [1.82, 2.24) is 0 Å². The van der Waals surface area contributed by atoms with E-state index in [1.807, 2.05) is 42.5 Å². The van der Waals surface area contributed by atoms with E-state index < -0.39 is 8.32 Å². The summed E-state index contributed by atoms with van der Waals surface area (Å²) < 4.78 is 11.5. The molecule has 0 aliphatic carbocycles. The smallest absolute Gasteiger partial charge is 0.186 e. The Hall–Kier alpha value is -1.76. The molecular weight excluding hydrogens is 252 g/mol. The normalized spacial score (nSPS) is 12.6. The number of benzene rings is 1. The molecule has 0 fully saturated rings. The van der Waals surface area contributed by atoms with Crippen molar-refractivity contribution < 1.29 is 8.84 Å². The molecule has 1 atom stereocenters. The van der Waals surface area contributed by atoms with Crippen LogP contribution in [-0.2, 0) is 4.43 Å². The molecule has 2 aromatic rings. The average molecular weight is 270 g/mol. The lowest BCUT2D eigenvalue weighted by atomic mass is 10.2. The summed E-state index contributed by atoms with van der Waals surface area (Å²) in [6.45, 7) is 6.44. The molecule has 19 heavy (non-hydrogen) atoms. The van der Waals surface area contributed by atoms with Crippen LogP contribution < -0.4 is 0 Å². The monoisotopic (exact) mass is 270 g/mol. The second-order valence-corrected chi connectivity index (χ2v) is 9.72. The van der Waals surface area contributed by atoms with E-state index in [2.05, 4.69) is 31.5 Å². The summed E-state index contributed by atoms with van der Waals surface area (Å²) in [4.78, 5) is 0. The second-order valence-electron chi connectivity index (χ2n) is 5.26. The van der Waals surface area contributed by atoms with Crippen molar-refractivity contribution in [1.29, 1.82) is 0 Å². The van der Waals surface area contributed by atoms with Gasteiger partial charge in [0.05, 0.1) is 6.26 Å². The maximum atomic E-state index is 6.08. The van der Waals surface area contributed by atoms with Gasteiger partial charge in [-0.05, 0) is 43.9 Å². The SMILES string of the molecule is C[Si](C)(C)OC(C#Cc1ccccc1)c1ccco1. The van der Waals surface area contributed by atoms with Gasteiger partial charge in [-0.3, -0.25) is 0 Å². The number of hydrogen-bond donors (Lipinski definition) is 0. The largest absolute Gasteiger partial charge is 0.466 e. The van der Waals surface area contributed by atoms with Gasteiger partial charge in [0.2, 0.25) is 0 Å². The molecule has 0 saturated heterocycles. The fraction of sp³-hybridized carbons (Fsp3) is 0.250. The highest BCUT2D eigenvalue weighted by molar-refractivity contribution is 6.69. The van der Waals surface area contributed by atoms with Crippen molar-refractivity contribution in [2.45, 2.75) is 25.7 Å². The zero-order valence-corrected chi connectivity index (χ0v) is 12.5. The van der Waals surface area contributed by atoms with Crippen LogP contribution in [0.5, 0.6) is 0 Å². The molecule has 1 aromatic heterocycles.